The number of carbonyl (C=O) groups is 1. The number of aldehydes is 1. The SMILES string of the molecule is O=CC1NCCc2cc(Cl)ccc21. The highest BCUT2D eigenvalue weighted by Gasteiger charge is 2.18. The van der Waals surface area contributed by atoms with Crippen molar-refractivity contribution in [2.24, 2.45) is 0 Å². The van der Waals surface area contributed by atoms with Gasteiger partial charge in [0.25, 0.3) is 0 Å². The van der Waals surface area contributed by atoms with E-state index in [9.17, 15) is 4.79 Å². The van der Waals surface area contributed by atoms with Gasteiger partial charge in [-0.2, -0.15) is 0 Å². The van der Waals surface area contributed by atoms with E-state index in [0.29, 0.717) is 0 Å². The van der Waals surface area contributed by atoms with E-state index in [4.69, 9.17) is 11.6 Å². The van der Waals surface area contributed by atoms with Gasteiger partial charge in [-0.1, -0.05) is 17.7 Å². The smallest absolute Gasteiger partial charge is 0.141 e. The topological polar surface area (TPSA) is 29.1 Å². The summed E-state index contributed by atoms with van der Waals surface area (Å²) in [4.78, 5) is 10.7. The van der Waals surface area contributed by atoms with Crippen molar-refractivity contribution in [2.45, 2.75) is 12.5 Å². The average molecular weight is 196 g/mol. The summed E-state index contributed by atoms with van der Waals surface area (Å²) in [6, 6.07) is 5.53. The molecule has 0 aromatic heterocycles. The maximum atomic E-state index is 10.7. The zero-order valence-electron chi connectivity index (χ0n) is 7.09. The molecule has 2 rings (SSSR count). The number of benzene rings is 1. The van der Waals surface area contributed by atoms with E-state index in [1.807, 2.05) is 18.2 Å². The molecule has 1 aromatic carbocycles. The Labute approximate surface area is 81.9 Å². The van der Waals surface area contributed by atoms with E-state index in [1.165, 1.54) is 5.56 Å². The number of rotatable bonds is 1. The zero-order chi connectivity index (χ0) is 9.26. The first-order chi connectivity index (χ1) is 6.31. The van der Waals surface area contributed by atoms with Crippen molar-refractivity contribution in [3.63, 3.8) is 0 Å². The highest BCUT2D eigenvalue weighted by atomic mass is 35.5. The molecule has 3 heteroatoms. The van der Waals surface area contributed by atoms with Crippen LogP contribution in [0.5, 0.6) is 0 Å². The molecule has 1 unspecified atom stereocenters. The molecule has 1 aliphatic heterocycles. The van der Waals surface area contributed by atoms with Gasteiger partial charge in [0, 0.05) is 11.6 Å². The molecule has 1 aliphatic rings. The fraction of sp³-hybridized carbons (Fsp3) is 0.300. The van der Waals surface area contributed by atoms with E-state index in [1.54, 1.807) is 0 Å². The van der Waals surface area contributed by atoms with Crippen molar-refractivity contribution in [1.29, 1.82) is 0 Å². The van der Waals surface area contributed by atoms with Crippen LogP contribution in [0.15, 0.2) is 18.2 Å². The van der Waals surface area contributed by atoms with Crippen LogP contribution in [0.1, 0.15) is 17.2 Å². The monoisotopic (exact) mass is 195 g/mol. The fourth-order valence-electron chi connectivity index (χ4n) is 1.69. The normalized spacial score (nSPS) is 20.8. The quantitative estimate of drug-likeness (QED) is 0.692. The molecular weight excluding hydrogens is 186 g/mol. The van der Waals surface area contributed by atoms with Crippen molar-refractivity contribution >= 4 is 17.9 Å². The molecule has 1 atom stereocenters. The van der Waals surface area contributed by atoms with Crippen LogP contribution in [0, 0.1) is 0 Å². The third-order valence-corrected chi connectivity index (χ3v) is 2.57. The summed E-state index contributed by atoms with van der Waals surface area (Å²) < 4.78 is 0. The zero-order valence-corrected chi connectivity index (χ0v) is 7.84. The van der Waals surface area contributed by atoms with Crippen LogP contribution in [0.25, 0.3) is 0 Å². The van der Waals surface area contributed by atoms with Gasteiger partial charge in [-0.25, -0.2) is 0 Å². The Morgan fingerprint density at radius 3 is 3.15 bits per heavy atom. The third kappa shape index (κ3) is 1.60. The Hall–Kier alpha value is -0.860. The molecule has 1 N–H and O–H groups in total. The number of hydrogen-bond donors (Lipinski definition) is 1. The van der Waals surface area contributed by atoms with Crippen molar-refractivity contribution in [2.75, 3.05) is 6.54 Å². The number of carbonyl (C=O) groups excluding carboxylic acids is 1. The van der Waals surface area contributed by atoms with E-state index in [0.717, 1.165) is 29.8 Å². The lowest BCUT2D eigenvalue weighted by Gasteiger charge is -2.22. The van der Waals surface area contributed by atoms with Gasteiger partial charge in [0.15, 0.2) is 0 Å². The molecule has 2 nitrogen and oxygen atoms in total. The molecule has 0 spiro atoms. The molecular formula is C10H10ClNO. The molecule has 0 saturated carbocycles. The van der Waals surface area contributed by atoms with Crippen LogP contribution in [0.3, 0.4) is 0 Å². The minimum atomic E-state index is -0.152. The first-order valence-corrected chi connectivity index (χ1v) is 4.66. The van der Waals surface area contributed by atoms with Gasteiger partial charge in [0.1, 0.15) is 6.29 Å². The minimum Gasteiger partial charge on any atom is -0.304 e. The summed E-state index contributed by atoms with van der Waals surface area (Å²) in [5.41, 5.74) is 2.24. The van der Waals surface area contributed by atoms with Gasteiger partial charge in [-0.05, 0) is 29.7 Å². The van der Waals surface area contributed by atoms with Gasteiger partial charge in [-0.3, -0.25) is 0 Å². The highest BCUT2D eigenvalue weighted by molar-refractivity contribution is 6.30. The van der Waals surface area contributed by atoms with Gasteiger partial charge in [-0.15, -0.1) is 0 Å². The van der Waals surface area contributed by atoms with Crippen molar-refractivity contribution in [1.82, 2.24) is 5.32 Å². The molecule has 1 aromatic rings. The molecule has 0 radical (unpaired) electrons. The van der Waals surface area contributed by atoms with Gasteiger partial charge in [0.2, 0.25) is 0 Å². The van der Waals surface area contributed by atoms with Crippen LogP contribution in [0.4, 0.5) is 0 Å². The summed E-state index contributed by atoms with van der Waals surface area (Å²) in [5, 5.41) is 3.87. The summed E-state index contributed by atoms with van der Waals surface area (Å²) in [5.74, 6) is 0. The number of hydrogen-bond acceptors (Lipinski definition) is 2. The van der Waals surface area contributed by atoms with E-state index in [2.05, 4.69) is 5.32 Å². The Morgan fingerprint density at radius 2 is 2.38 bits per heavy atom. The second-order valence-corrected chi connectivity index (χ2v) is 3.60. The summed E-state index contributed by atoms with van der Waals surface area (Å²) in [6.45, 7) is 0.844. The van der Waals surface area contributed by atoms with Crippen LogP contribution in [-0.2, 0) is 11.2 Å². The summed E-state index contributed by atoms with van der Waals surface area (Å²) in [7, 11) is 0. The first kappa shape index (κ1) is 8.73. The molecule has 1 heterocycles. The van der Waals surface area contributed by atoms with Crippen molar-refractivity contribution < 1.29 is 4.79 Å². The summed E-state index contributed by atoms with van der Waals surface area (Å²) in [6.07, 6.45) is 1.88. The Balaban J connectivity index is 2.45. The first-order valence-electron chi connectivity index (χ1n) is 4.28. The van der Waals surface area contributed by atoms with Crippen LogP contribution in [-0.4, -0.2) is 12.8 Å². The molecule has 0 bridgehead atoms. The van der Waals surface area contributed by atoms with Gasteiger partial charge < -0.3 is 10.1 Å². The highest BCUT2D eigenvalue weighted by Crippen LogP contribution is 2.24. The molecule has 0 aliphatic carbocycles. The molecule has 0 amide bonds. The van der Waals surface area contributed by atoms with Crippen LogP contribution < -0.4 is 5.32 Å². The standard InChI is InChI=1S/C10H10ClNO/c11-8-1-2-9-7(5-8)3-4-12-10(9)6-13/h1-2,5-6,10,12H,3-4H2. The second-order valence-electron chi connectivity index (χ2n) is 3.16. The maximum Gasteiger partial charge on any atom is 0.141 e. The van der Waals surface area contributed by atoms with Crippen molar-refractivity contribution in [3.05, 3.63) is 34.3 Å². The second kappa shape index (κ2) is 3.48. The largest absolute Gasteiger partial charge is 0.304 e. The van der Waals surface area contributed by atoms with Gasteiger partial charge >= 0.3 is 0 Å². The molecule has 0 fully saturated rings. The number of fused-ring (bicyclic) bond motifs is 1. The molecule has 0 saturated heterocycles. The predicted octanol–water partition coefficient (Wildman–Crippen LogP) is 1.73. The lowest BCUT2D eigenvalue weighted by Crippen LogP contribution is -2.30. The Kier molecular flexibility index (Phi) is 2.34. The predicted molar refractivity (Wildman–Crippen MR) is 52.0 cm³/mol. The van der Waals surface area contributed by atoms with Crippen LogP contribution in [0.2, 0.25) is 5.02 Å². The van der Waals surface area contributed by atoms with Crippen LogP contribution >= 0.6 is 11.6 Å². The maximum absolute atomic E-state index is 10.7. The van der Waals surface area contributed by atoms with E-state index >= 15 is 0 Å². The van der Waals surface area contributed by atoms with Crippen molar-refractivity contribution in [3.8, 4) is 0 Å². The number of nitrogens with one attached hydrogen (secondary N) is 1. The fourth-order valence-corrected chi connectivity index (χ4v) is 1.88. The Morgan fingerprint density at radius 1 is 1.54 bits per heavy atom. The average Bonchev–Trinajstić information content (AvgIpc) is 2.16. The minimum absolute atomic E-state index is 0.152. The Bertz CT molecular complexity index is 338. The van der Waals surface area contributed by atoms with Gasteiger partial charge in [0.05, 0.1) is 6.04 Å². The number of halogens is 1. The molecule has 13 heavy (non-hydrogen) atoms. The lowest BCUT2D eigenvalue weighted by molar-refractivity contribution is -0.109. The summed E-state index contributed by atoms with van der Waals surface area (Å²) >= 11 is 5.86. The third-order valence-electron chi connectivity index (χ3n) is 2.33. The van der Waals surface area contributed by atoms with E-state index in [-0.39, 0.29) is 6.04 Å². The molecule has 68 valence electrons. The lowest BCUT2D eigenvalue weighted by atomic mass is 9.95. The van der Waals surface area contributed by atoms with E-state index < -0.39 is 0 Å².